The molecular weight excluding hydrogens is 304 g/mol. The normalized spacial score (nSPS) is 21.6. The lowest BCUT2D eigenvalue weighted by molar-refractivity contribution is -0.147. The van der Waals surface area contributed by atoms with Gasteiger partial charge in [-0.25, -0.2) is 13.6 Å². The quantitative estimate of drug-likeness (QED) is 0.813. The van der Waals surface area contributed by atoms with Crippen LogP contribution in [0, 0.1) is 11.6 Å². The number of benzene rings is 1. The number of carbonyl (C=O) groups is 2. The van der Waals surface area contributed by atoms with Crippen molar-refractivity contribution in [2.45, 2.75) is 23.5 Å². The van der Waals surface area contributed by atoms with Crippen LogP contribution in [0.1, 0.15) is 6.42 Å². The molecule has 0 spiro atoms. The largest absolute Gasteiger partial charge is 0.480 e. The molecule has 1 aromatic rings. The van der Waals surface area contributed by atoms with Crippen LogP contribution in [0.5, 0.6) is 0 Å². The molecule has 1 saturated heterocycles. The van der Waals surface area contributed by atoms with E-state index in [0.717, 1.165) is 28.8 Å². The molecule has 2 rings (SSSR count). The summed E-state index contributed by atoms with van der Waals surface area (Å²) in [4.78, 5) is 24.5. The molecule has 2 unspecified atom stereocenters. The molecular formula is C13H13F2NO4S. The fourth-order valence-electron chi connectivity index (χ4n) is 2.12. The Bertz CT molecular complexity index is 569. The molecule has 2 N–H and O–H groups in total. The lowest BCUT2D eigenvalue weighted by atomic mass is 10.2. The average Bonchev–Trinajstić information content (AvgIpc) is 2.82. The molecule has 1 aliphatic rings. The average molecular weight is 317 g/mol. The Balaban J connectivity index is 1.97. The van der Waals surface area contributed by atoms with Crippen molar-refractivity contribution < 1.29 is 28.6 Å². The van der Waals surface area contributed by atoms with Crippen LogP contribution < -0.4 is 0 Å². The molecule has 1 amide bonds. The van der Waals surface area contributed by atoms with Crippen molar-refractivity contribution in [1.82, 2.24) is 4.90 Å². The minimum atomic E-state index is -1.17. The van der Waals surface area contributed by atoms with E-state index in [-0.39, 0.29) is 18.7 Å². The number of carboxylic acid groups (broad SMARTS) is 1. The van der Waals surface area contributed by atoms with Crippen molar-refractivity contribution in [1.29, 1.82) is 0 Å². The summed E-state index contributed by atoms with van der Waals surface area (Å²) in [6, 6.07) is 2.23. The topological polar surface area (TPSA) is 77.8 Å². The van der Waals surface area contributed by atoms with Gasteiger partial charge in [-0.05, 0) is 18.2 Å². The van der Waals surface area contributed by atoms with Gasteiger partial charge < -0.3 is 15.1 Å². The Hall–Kier alpha value is -1.67. The van der Waals surface area contributed by atoms with Crippen LogP contribution in [0.2, 0.25) is 0 Å². The second-order valence-electron chi connectivity index (χ2n) is 4.65. The first-order valence-electron chi connectivity index (χ1n) is 6.16. The van der Waals surface area contributed by atoms with Gasteiger partial charge in [0.2, 0.25) is 5.91 Å². The number of rotatable bonds is 4. The molecule has 1 aliphatic heterocycles. The number of carboxylic acids is 1. The second kappa shape index (κ2) is 6.40. The van der Waals surface area contributed by atoms with Crippen LogP contribution in [0.25, 0.3) is 0 Å². The Labute approximate surface area is 123 Å². The summed E-state index contributed by atoms with van der Waals surface area (Å²) < 4.78 is 25.8. The van der Waals surface area contributed by atoms with Gasteiger partial charge in [0.15, 0.2) is 11.6 Å². The summed E-state index contributed by atoms with van der Waals surface area (Å²) in [6.07, 6.45) is -0.861. The summed E-state index contributed by atoms with van der Waals surface area (Å²) in [7, 11) is 0. The monoisotopic (exact) mass is 317 g/mol. The first-order chi connectivity index (χ1) is 9.88. The predicted octanol–water partition coefficient (Wildman–Crippen LogP) is 1.10. The molecule has 0 radical (unpaired) electrons. The summed E-state index contributed by atoms with van der Waals surface area (Å²) in [5.41, 5.74) is 0. The number of β-amino-alcohol motifs (C(OH)–C–C–N with tert-alkyl or cyclic N) is 1. The number of aliphatic hydroxyl groups is 1. The molecule has 21 heavy (non-hydrogen) atoms. The lowest BCUT2D eigenvalue weighted by Crippen LogP contribution is -2.41. The van der Waals surface area contributed by atoms with Crippen molar-refractivity contribution >= 4 is 23.6 Å². The molecule has 0 bridgehead atoms. The molecule has 5 nitrogen and oxygen atoms in total. The number of thioether (sulfide) groups is 1. The van der Waals surface area contributed by atoms with Crippen LogP contribution in [0.3, 0.4) is 0 Å². The Kier molecular flexibility index (Phi) is 4.79. The summed E-state index contributed by atoms with van der Waals surface area (Å²) in [5.74, 6) is -3.72. The number of hydrogen-bond donors (Lipinski definition) is 2. The number of hydrogen-bond acceptors (Lipinski definition) is 4. The van der Waals surface area contributed by atoms with Gasteiger partial charge in [0, 0.05) is 17.9 Å². The highest BCUT2D eigenvalue weighted by atomic mass is 32.2. The third-order valence-electron chi connectivity index (χ3n) is 3.14. The number of nitrogens with zero attached hydrogens (tertiary/aromatic N) is 1. The predicted molar refractivity (Wildman–Crippen MR) is 70.8 cm³/mol. The highest BCUT2D eigenvalue weighted by Gasteiger charge is 2.38. The molecule has 2 atom stereocenters. The van der Waals surface area contributed by atoms with Crippen LogP contribution in [-0.4, -0.2) is 51.4 Å². The van der Waals surface area contributed by atoms with E-state index in [1.54, 1.807) is 0 Å². The second-order valence-corrected chi connectivity index (χ2v) is 5.70. The SMILES string of the molecule is O=C(O)C1CC(O)CN1C(=O)CSc1ccc(F)c(F)c1. The third-order valence-corrected chi connectivity index (χ3v) is 4.12. The maximum Gasteiger partial charge on any atom is 0.326 e. The molecule has 1 aromatic carbocycles. The van der Waals surface area contributed by atoms with E-state index in [1.165, 1.54) is 6.07 Å². The van der Waals surface area contributed by atoms with Crippen LogP contribution in [0.4, 0.5) is 8.78 Å². The highest BCUT2D eigenvalue weighted by Crippen LogP contribution is 2.24. The van der Waals surface area contributed by atoms with Crippen molar-refractivity contribution in [2.75, 3.05) is 12.3 Å². The molecule has 0 aliphatic carbocycles. The van der Waals surface area contributed by atoms with E-state index in [1.807, 2.05) is 0 Å². The minimum Gasteiger partial charge on any atom is -0.480 e. The third kappa shape index (κ3) is 3.70. The summed E-state index contributed by atoms with van der Waals surface area (Å²) >= 11 is 0.981. The Morgan fingerprint density at radius 3 is 2.67 bits per heavy atom. The Morgan fingerprint density at radius 2 is 2.05 bits per heavy atom. The fourth-order valence-corrected chi connectivity index (χ4v) is 2.93. The first kappa shape index (κ1) is 15.7. The van der Waals surface area contributed by atoms with Gasteiger partial charge in [-0.3, -0.25) is 4.79 Å². The maximum absolute atomic E-state index is 13.0. The van der Waals surface area contributed by atoms with E-state index in [2.05, 4.69) is 0 Å². The lowest BCUT2D eigenvalue weighted by Gasteiger charge is -2.20. The van der Waals surface area contributed by atoms with Gasteiger partial charge in [0.25, 0.3) is 0 Å². The zero-order valence-corrected chi connectivity index (χ0v) is 11.6. The van der Waals surface area contributed by atoms with Gasteiger partial charge in [-0.2, -0.15) is 0 Å². The Morgan fingerprint density at radius 1 is 1.33 bits per heavy atom. The number of amides is 1. The number of aliphatic carboxylic acids is 1. The van der Waals surface area contributed by atoms with E-state index in [9.17, 15) is 23.5 Å². The molecule has 0 saturated carbocycles. The molecule has 1 heterocycles. The van der Waals surface area contributed by atoms with Gasteiger partial charge in [-0.1, -0.05) is 0 Å². The molecule has 8 heteroatoms. The van der Waals surface area contributed by atoms with Crippen molar-refractivity contribution in [3.63, 3.8) is 0 Å². The van der Waals surface area contributed by atoms with Crippen LogP contribution >= 0.6 is 11.8 Å². The van der Waals surface area contributed by atoms with Crippen LogP contribution in [0.15, 0.2) is 23.1 Å². The first-order valence-corrected chi connectivity index (χ1v) is 7.15. The van der Waals surface area contributed by atoms with E-state index in [0.29, 0.717) is 4.90 Å². The number of carbonyl (C=O) groups excluding carboxylic acids is 1. The van der Waals surface area contributed by atoms with Gasteiger partial charge in [0.1, 0.15) is 6.04 Å². The number of halogens is 2. The van der Waals surface area contributed by atoms with E-state index < -0.39 is 35.7 Å². The van der Waals surface area contributed by atoms with Crippen LogP contribution in [-0.2, 0) is 9.59 Å². The fraction of sp³-hybridized carbons (Fsp3) is 0.385. The van der Waals surface area contributed by atoms with Gasteiger partial charge >= 0.3 is 5.97 Å². The van der Waals surface area contributed by atoms with Gasteiger partial charge in [-0.15, -0.1) is 11.8 Å². The maximum atomic E-state index is 13.0. The standard InChI is InChI=1S/C13H13F2NO4S/c14-9-2-1-8(4-10(9)15)21-6-12(18)16-5-7(17)3-11(16)13(19)20/h1-2,4,7,11,17H,3,5-6H2,(H,19,20). The zero-order valence-electron chi connectivity index (χ0n) is 10.8. The summed E-state index contributed by atoms with van der Waals surface area (Å²) in [5, 5.41) is 18.5. The zero-order chi connectivity index (χ0) is 15.6. The smallest absolute Gasteiger partial charge is 0.326 e. The molecule has 0 aromatic heterocycles. The minimum absolute atomic E-state index is 0.00306. The van der Waals surface area contributed by atoms with Crippen molar-refractivity contribution in [3.8, 4) is 0 Å². The number of likely N-dealkylation sites (tertiary alicyclic amines) is 1. The summed E-state index contributed by atoms with van der Waals surface area (Å²) in [6.45, 7) is -0.0336. The van der Waals surface area contributed by atoms with Gasteiger partial charge in [0.05, 0.1) is 11.9 Å². The highest BCUT2D eigenvalue weighted by molar-refractivity contribution is 8.00. The number of aliphatic hydroxyl groups excluding tert-OH is 1. The van der Waals surface area contributed by atoms with Crippen molar-refractivity contribution in [3.05, 3.63) is 29.8 Å². The van der Waals surface area contributed by atoms with Crippen molar-refractivity contribution in [2.24, 2.45) is 0 Å². The van der Waals surface area contributed by atoms with E-state index >= 15 is 0 Å². The van der Waals surface area contributed by atoms with E-state index in [4.69, 9.17) is 5.11 Å². The molecule has 114 valence electrons. The molecule has 1 fully saturated rings.